The van der Waals surface area contributed by atoms with Gasteiger partial charge >= 0.3 is 0 Å². The summed E-state index contributed by atoms with van der Waals surface area (Å²) in [7, 11) is 0. The SMILES string of the molecule is O=c1c2cc3c4ccccc4n(-c4ccccc4)c3cc2c2cc3c4ccccc4n(-c4ccccc4)c3cc2n1-c1ccccc1. The van der Waals surface area contributed by atoms with Crippen LogP contribution in [-0.4, -0.2) is 13.7 Å². The van der Waals surface area contributed by atoms with Crippen LogP contribution in [0.1, 0.15) is 0 Å². The summed E-state index contributed by atoms with van der Waals surface area (Å²) in [4.78, 5) is 14.8. The number of benzene rings is 7. The molecule has 0 atom stereocenters. The summed E-state index contributed by atoms with van der Waals surface area (Å²) >= 11 is 0. The standard InChI is InChI=1S/C43H27N3O/c47-43-37-25-35-32-21-11-12-22-38(32)44(28-14-4-1-5-15-28)40(35)26-33(37)36-24-34-31-20-10-13-23-39(31)45(29-16-6-2-7-17-29)41(34)27-42(36)46(43)30-18-8-3-9-19-30/h1-27H. The van der Waals surface area contributed by atoms with Crippen LogP contribution in [0.2, 0.25) is 0 Å². The van der Waals surface area contributed by atoms with E-state index in [0.29, 0.717) is 5.39 Å². The molecule has 0 aliphatic rings. The van der Waals surface area contributed by atoms with Gasteiger partial charge in [0.1, 0.15) is 0 Å². The lowest BCUT2D eigenvalue weighted by atomic mass is 10.0. The lowest BCUT2D eigenvalue weighted by Gasteiger charge is -2.16. The van der Waals surface area contributed by atoms with Crippen LogP contribution in [0.25, 0.3) is 82.3 Å². The normalized spacial score (nSPS) is 11.9. The van der Waals surface area contributed by atoms with Gasteiger partial charge in [0.05, 0.1) is 27.6 Å². The molecule has 47 heavy (non-hydrogen) atoms. The fourth-order valence-electron chi connectivity index (χ4n) is 7.59. The van der Waals surface area contributed by atoms with Gasteiger partial charge in [0, 0.05) is 49.4 Å². The number of hydrogen-bond donors (Lipinski definition) is 0. The van der Waals surface area contributed by atoms with Gasteiger partial charge in [-0.05, 0) is 78.2 Å². The van der Waals surface area contributed by atoms with Crippen molar-refractivity contribution in [2.45, 2.75) is 0 Å². The lowest BCUT2D eigenvalue weighted by Crippen LogP contribution is -2.19. The first kappa shape index (κ1) is 25.9. The summed E-state index contributed by atoms with van der Waals surface area (Å²) in [6.07, 6.45) is 0. The number of para-hydroxylation sites is 5. The molecular weight excluding hydrogens is 574 g/mol. The Bertz CT molecular complexity index is 2900. The van der Waals surface area contributed by atoms with E-state index < -0.39 is 0 Å². The third-order valence-electron chi connectivity index (χ3n) is 9.61. The van der Waals surface area contributed by atoms with Crippen LogP contribution >= 0.6 is 0 Å². The molecular formula is C43H27N3O. The molecule has 7 aromatic carbocycles. The predicted molar refractivity (Wildman–Crippen MR) is 196 cm³/mol. The van der Waals surface area contributed by atoms with Gasteiger partial charge in [0.2, 0.25) is 0 Å². The Morgan fingerprint density at radius 3 is 1.19 bits per heavy atom. The largest absolute Gasteiger partial charge is 0.309 e. The highest BCUT2D eigenvalue weighted by Crippen LogP contribution is 2.40. The first-order valence-electron chi connectivity index (χ1n) is 15.9. The van der Waals surface area contributed by atoms with Crippen LogP contribution in [-0.2, 0) is 0 Å². The van der Waals surface area contributed by atoms with E-state index in [1.807, 2.05) is 47.0 Å². The van der Waals surface area contributed by atoms with Crippen molar-refractivity contribution in [3.63, 3.8) is 0 Å². The minimum atomic E-state index is -0.0288. The van der Waals surface area contributed by atoms with E-state index in [4.69, 9.17) is 0 Å². The van der Waals surface area contributed by atoms with E-state index in [9.17, 15) is 4.79 Å². The third kappa shape index (κ3) is 3.67. The van der Waals surface area contributed by atoms with Crippen molar-refractivity contribution in [2.24, 2.45) is 0 Å². The highest BCUT2D eigenvalue weighted by Gasteiger charge is 2.21. The van der Waals surface area contributed by atoms with E-state index in [1.54, 1.807) is 0 Å². The maximum Gasteiger partial charge on any atom is 0.263 e. The molecule has 4 nitrogen and oxygen atoms in total. The predicted octanol–water partition coefficient (Wildman–Crippen LogP) is 10.3. The highest BCUT2D eigenvalue weighted by atomic mass is 16.1. The second-order valence-electron chi connectivity index (χ2n) is 12.2. The monoisotopic (exact) mass is 601 g/mol. The maximum absolute atomic E-state index is 14.8. The van der Waals surface area contributed by atoms with Crippen molar-refractivity contribution < 1.29 is 0 Å². The molecule has 0 unspecified atom stereocenters. The van der Waals surface area contributed by atoms with E-state index >= 15 is 0 Å². The zero-order valence-corrected chi connectivity index (χ0v) is 25.3. The van der Waals surface area contributed by atoms with Crippen molar-refractivity contribution in [1.82, 2.24) is 13.7 Å². The number of rotatable bonds is 3. The van der Waals surface area contributed by atoms with Gasteiger partial charge in [0.25, 0.3) is 5.56 Å². The van der Waals surface area contributed by atoms with Gasteiger partial charge < -0.3 is 9.13 Å². The molecule has 0 aliphatic carbocycles. The van der Waals surface area contributed by atoms with Gasteiger partial charge in [-0.3, -0.25) is 9.36 Å². The topological polar surface area (TPSA) is 31.9 Å². The van der Waals surface area contributed by atoms with Crippen LogP contribution < -0.4 is 5.56 Å². The smallest absolute Gasteiger partial charge is 0.263 e. The first-order valence-corrected chi connectivity index (χ1v) is 15.9. The number of hydrogen-bond acceptors (Lipinski definition) is 1. The van der Waals surface area contributed by atoms with E-state index in [0.717, 1.165) is 71.6 Å². The second-order valence-corrected chi connectivity index (χ2v) is 12.2. The molecule has 0 N–H and O–H groups in total. The molecule has 0 bridgehead atoms. The van der Waals surface area contributed by atoms with E-state index in [2.05, 4.69) is 130 Å². The summed E-state index contributed by atoms with van der Waals surface area (Å²) < 4.78 is 6.52. The Kier molecular flexibility index (Phi) is 5.40. The van der Waals surface area contributed by atoms with Crippen LogP contribution in [0.3, 0.4) is 0 Å². The molecule has 0 spiro atoms. The Hall–Kier alpha value is -6.39. The number of nitrogens with zero attached hydrogens (tertiary/aromatic N) is 3. The fraction of sp³-hybridized carbons (Fsp3) is 0. The molecule has 0 fully saturated rings. The van der Waals surface area contributed by atoms with Crippen molar-refractivity contribution in [1.29, 1.82) is 0 Å². The van der Waals surface area contributed by atoms with Crippen molar-refractivity contribution in [3.05, 3.63) is 174 Å². The van der Waals surface area contributed by atoms with Gasteiger partial charge in [0.15, 0.2) is 0 Å². The van der Waals surface area contributed by atoms with Crippen molar-refractivity contribution in [3.8, 4) is 17.1 Å². The molecule has 0 aliphatic heterocycles. The minimum Gasteiger partial charge on any atom is -0.309 e. The molecule has 0 saturated carbocycles. The van der Waals surface area contributed by atoms with Crippen LogP contribution in [0.5, 0.6) is 0 Å². The second kappa shape index (κ2) is 9.80. The van der Waals surface area contributed by atoms with Gasteiger partial charge in [-0.1, -0.05) is 91.0 Å². The Morgan fingerprint density at radius 2 is 0.660 bits per heavy atom. The minimum absolute atomic E-state index is 0.0288. The number of fused-ring (bicyclic) bond motifs is 9. The average Bonchev–Trinajstić information content (AvgIpc) is 3.63. The molecule has 220 valence electrons. The summed E-state index contributed by atoms with van der Waals surface area (Å²) in [5.41, 5.74) is 8.26. The number of aromatic nitrogens is 3. The number of pyridine rings is 1. The third-order valence-corrected chi connectivity index (χ3v) is 9.61. The molecule has 0 radical (unpaired) electrons. The lowest BCUT2D eigenvalue weighted by molar-refractivity contribution is 1.06. The van der Waals surface area contributed by atoms with Crippen LogP contribution in [0.15, 0.2) is 169 Å². The first-order chi connectivity index (χ1) is 23.3. The molecule has 0 saturated heterocycles. The zero-order chi connectivity index (χ0) is 31.1. The highest BCUT2D eigenvalue weighted by molar-refractivity contribution is 6.21. The van der Waals surface area contributed by atoms with Crippen molar-refractivity contribution in [2.75, 3.05) is 0 Å². The van der Waals surface area contributed by atoms with Crippen molar-refractivity contribution >= 4 is 65.3 Å². The zero-order valence-electron chi connectivity index (χ0n) is 25.3. The summed E-state index contributed by atoms with van der Waals surface area (Å²) in [5.74, 6) is 0. The molecule has 10 rings (SSSR count). The summed E-state index contributed by atoms with van der Waals surface area (Å²) in [5, 5.41) is 7.21. The van der Waals surface area contributed by atoms with E-state index in [1.165, 1.54) is 5.39 Å². The van der Waals surface area contributed by atoms with Gasteiger partial charge in [-0.2, -0.15) is 0 Å². The average molecular weight is 602 g/mol. The van der Waals surface area contributed by atoms with E-state index in [-0.39, 0.29) is 5.56 Å². The van der Waals surface area contributed by atoms with Crippen LogP contribution in [0, 0.1) is 0 Å². The Labute approximate surface area is 269 Å². The quantitative estimate of drug-likeness (QED) is 0.185. The fourth-order valence-corrected chi connectivity index (χ4v) is 7.59. The molecule has 3 aromatic heterocycles. The molecule has 0 amide bonds. The van der Waals surface area contributed by atoms with Gasteiger partial charge in [-0.25, -0.2) is 0 Å². The molecule has 10 aromatic rings. The molecule has 3 heterocycles. The Balaban J connectivity index is 1.44. The summed E-state index contributed by atoms with van der Waals surface area (Å²) in [6, 6.07) is 56.9. The van der Waals surface area contributed by atoms with Gasteiger partial charge in [-0.15, -0.1) is 0 Å². The Morgan fingerprint density at radius 1 is 0.277 bits per heavy atom. The summed E-state index contributed by atoms with van der Waals surface area (Å²) in [6.45, 7) is 0. The van der Waals surface area contributed by atoms with Crippen LogP contribution in [0.4, 0.5) is 0 Å². The molecule has 4 heteroatoms. The maximum atomic E-state index is 14.8.